The van der Waals surface area contributed by atoms with Crippen LogP contribution in [0.2, 0.25) is 0 Å². The van der Waals surface area contributed by atoms with Crippen LogP contribution in [0.3, 0.4) is 0 Å². The fourth-order valence-corrected chi connectivity index (χ4v) is 0.502. The van der Waals surface area contributed by atoms with Crippen molar-refractivity contribution in [2.75, 3.05) is 0 Å². The van der Waals surface area contributed by atoms with E-state index in [2.05, 4.69) is 0 Å². The van der Waals surface area contributed by atoms with Crippen molar-refractivity contribution in [1.29, 1.82) is 0 Å². The number of hydrogen-bond acceptors (Lipinski definition) is 0. The van der Waals surface area contributed by atoms with Crippen molar-refractivity contribution < 1.29 is 4.39 Å². The molecule has 0 spiro atoms. The van der Waals surface area contributed by atoms with Gasteiger partial charge < -0.3 is 0 Å². The molecule has 10 heavy (non-hydrogen) atoms. The van der Waals surface area contributed by atoms with Gasteiger partial charge >= 0.3 is 0 Å². The highest BCUT2D eigenvalue weighted by atomic mass is 35.5. The van der Waals surface area contributed by atoms with E-state index in [1.807, 2.05) is 13.8 Å². The fraction of sp³-hybridized carbons (Fsp3) is 0.500. The van der Waals surface area contributed by atoms with Gasteiger partial charge in [0.25, 0.3) is 0 Å². The van der Waals surface area contributed by atoms with E-state index in [4.69, 9.17) is 11.6 Å². The molecule has 0 radical (unpaired) electrons. The molecule has 0 heterocycles. The van der Waals surface area contributed by atoms with E-state index in [9.17, 15) is 4.39 Å². The lowest BCUT2D eigenvalue weighted by Gasteiger charge is -1.93. The molecule has 0 rings (SSSR count). The smallest absolute Gasteiger partial charge is 0.101 e. The van der Waals surface area contributed by atoms with Crippen molar-refractivity contribution in [2.24, 2.45) is 0 Å². The highest BCUT2D eigenvalue weighted by Crippen LogP contribution is 2.14. The minimum absolute atomic E-state index is 0.175. The summed E-state index contributed by atoms with van der Waals surface area (Å²) in [6.45, 7) is 5.45. The van der Waals surface area contributed by atoms with Crippen molar-refractivity contribution in [2.45, 2.75) is 27.2 Å². The summed E-state index contributed by atoms with van der Waals surface area (Å²) in [7, 11) is 0. The van der Waals surface area contributed by atoms with Crippen molar-refractivity contribution in [3.8, 4) is 0 Å². The summed E-state index contributed by atoms with van der Waals surface area (Å²) >= 11 is 5.65. The monoisotopic (exact) mass is 162 g/mol. The van der Waals surface area contributed by atoms with Crippen LogP contribution in [0.15, 0.2) is 22.5 Å². The molecule has 0 unspecified atom stereocenters. The lowest BCUT2D eigenvalue weighted by molar-refractivity contribution is 0.604. The van der Waals surface area contributed by atoms with Crippen LogP contribution in [0.5, 0.6) is 0 Å². The number of allylic oxidation sites excluding steroid dienone is 4. The minimum Gasteiger partial charge on any atom is -0.212 e. The van der Waals surface area contributed by atoms with Crippen LogP contribution in [-0.2, 0) is 0 Å². The molecule has 0 aliphatic rings. The molecule has 0 amide bonds. The molecule has 0 fully saturated rings. The third kappa shape index (κ3) is 3.67. The molecule has 0 N–H and O–H groups in total. The molecule has 58 valence electrons. The van der Waals surface area contributed by atoms with Gasteiger partial charge in [0, 0.05) is 5.03 Å². The van der Waals surface area contributed by atoms with Gasteiger partial charge in [0.05, 0.1) is 0 Å². The molecule has 0 aromatic carbocycles. The number of hydrogen-bond donors (Lipinski definition) is 0. The Morgan fingerprint density at radius 1 is 1.50 bits per heavy atom. The standard InChI is InChI=1S/C8H12ClF/c1-4-7(10)5-8(9)6(2)3/h5H,4H2,1-3H3/b7-5+. The highest BCUT2D eigenvalue weighted by molar-refractivity contribution is 6.31. The van der Waals surface area contributed by atoms with Gasteiger partial charge in [0.2, 0.25) is 0 Å². The molecule has 0 saturated carbocycles. The molecular weight excluding hydrogens is 151 g/mol. The maximum atomic E-state index is 12.5. The van der Waals surface area contributed by atoms with Gasteiger partial charge in [-0.25, -0.2) is 4.39 Å². The zero-order chi connectivity index (χ0) is 8.15. The van der Waals surface area contributed by atoms with E-state index >= 15 is 0 Å². The van der Waals surface area contributed by atoms with Crippen LogP contribution in [0.25, 0.3) is 0 Å². The Morgan fingerprint density at radius 2 is 2.00 bits per heavy atom. The first kappa shape index (κ1) is 9.70. The zero-order valence-corrected chi connectivity index (χ0v) is 7.30. The van der Waals surface area contributed by atoms with E-state index in [0.717, 1.165) is 5.57 Å². The van der Waals surface area contributed by atoms with Gasteiger partial charge in [0.1, 0.15) is 5.83 Å². The van der Waals surface area contributed by atoms with Crippen LogP contribution >= 0.6 is 11.6 Å². The summed E-state index contributed by atoms with van der Waals surface area (Å²) in [4.78, 5) is 0. The van der Waals surface area contributed by atoms with Crippen molar-refractivity contribution in [3.63, 3.8) is 0 Å². The minimum atomic E-state index is -0.175. The Balaban J connectivity index is 4.27. The van der Waals surface area contributed by atoms with E-state index in [-0.39, 0.29) is 5.83 Å². The summed E-state index contributed by atoms with van der Waals surface area (Å²) in [5, 5.41) is 0.499. The lowest BCUT2D eigenvalue weighted by atomic mass is 10.3. The van der Waals surface area contributed by atoms with Gasteiger partial charge in [-0.3, -0.25) is 0 Å². The second-order valence-corrected chi connectivity index (χ2v) is 2.70. The van der Waals surface area contributed by atoms with Crippen LogP contribution in [-0.4, -0.2) is 0 Å². The summed E-state index contributed by atoms with van der Waals surface area (Å²) in [6, 6.07) is 0. The average molecular weight is 163 g/mol. The van der Waals surface area contributed by atoms with Gasteiger partial charge in [0.15, 0.2) is 0 Å². The van der Waals surface area contributed by atoms with Crippen molar-refractivity contribution >= 4 is 11.6 Å². The third-order valence-corrected chi connectivity index (χ3v) is 1.59. The third-order valence-electron chi connectivity index (χ3n) is 1.10. The van der Waals surface area contributed by atoms with E-state index < -0.39 is 0 Å². The van der Waals surface area contributed by atoms with Crippen molar-refractivity contribution in [1.82, 2.24) is 0 Å². The first-order chi connectivity index (χ1) is 4.57. The molecular formula is C8H12ClF. The first-order valence-corrected chi connectivity index (χ1v) is 3.64. The Labute approximate surface area is 66.4 Å². The van der Waals surface area contributed by atoms with E-state index in [1.54, 1.807) is 6.92 Å². The summed E-state index contributed by atoms with van der Waals surface area (Å²) in [6.07, 6.45) is 1.76. The Hall–Kier alpha value is -0.300. The van der Waals surface area contributed by atoms with E-state index in [0.29, 0.717) is 11.5 Å². The topological polar surface area (TPSA) is 0 Å². The molecule has 0 aliphatic carbocycles. The van der Waals surface area contributed by atoms with Crippen LogP contribution < -0.4 is 0 Å². The molecule has 0 aliphatic heterocycles. The van der Waals surface area contributed by atoms with Crippen LogP contribution in [0.4, 0.5) is 4.39 Å². The number of halogens is 2. The van der Waals surface area contributed by atoms with Crippen LogP contribution in [0.1, 0.15) is 27.2 Å². The van der Waals surface area contributed by atoms with E-state index in [1.165, 1.54) is 6.08 Å². The quantitative estimate of drug-likeness (QED) is 0.542. The molecule has 0 aromatic heterocycles. The summed E-state index contributed by atoms with van der Waals surface area (Å²) < 4.78 is 12.5. The molecule has 0 bridgehead atoms. The first-order valence-electron chi connectivity index (χ1n) is 3.27. The maximum absolute atomic E-state index is 12.5. The second-order valence-electron chi connectivity index (χ2n) is 2.29. The Kier molecular flexibility index (Phi) is 4.37. The van der Waals surface area contributed by atoms with Gasteiger partial charge in [-0.2, -0.15) is 0 Å². The lowest BCUT2D eigenvalue weighted by Crippen LogP contribution is -1.73. The predicted molar refractivity (Wildman–Crippen MR) is 43.7 cm³/mol. The molecule has 0 nitrogen and oxygen atoms in total. The average Bonchev–Trinajstić information content (AvgIpc) is 1.87. The molecule has 2 heteroatoms. The van der Waals surface area contributed by atoms with Crippen molar-refractivity contribution in [3.05, 3.63) is 22.5 Å². The fourth-order valence-electron chi connectivity index (χ4n) is 0.384. The maximum Gasteiger partial charge on any atom is 0.101 e. The normalized spacial score (nSPS) is 11.5. The van der Waals surface area contributed by atoms with Crippen LogP contribution in [0, 0.1) is 0 Å². The van der Waals surface area contributed by atoms with Gasteiger partial charge in [-0.05, 0) is 26.3 Å². The zero-order valence-electron chi connectivity index (χ0n) is 6.54. The predicted octanol–water partition coefficient (Wildman–Crippen LogP) is 3.78. The second kappa shape index (κ2) is 4.51. The molecule has 0 atom stereocenters. The molecule has 0 aromatic rings. The molecule has 0 saturated heterocycles. The Bertz CT molecular complexity index is 164. The highest BCUT2D eigenvalue weighted by Gasteiger charge is 1.93. The van der Waals surface area contributed by atoms with Gasteiger partial charge in [-0.15, -0.1) is 0 Å². The summed E-state index contributed by atoms with van der Waals surface area (Å²) in [5.74, 6) is -0.175. The summed E-state index contributed by atoms with van der Waals surface area (Å²) in [5.41, 5.74) is 0.935. The van der Waals surface area contributed by atoms with Gasteiger partial charge in [-0.1, -0.05) is 24.1 Å². The largest absolute Gasteiger partial charge is 0.212 e. The Morgan fingerprint density at radius 3 is 2.30 bits per heavy atom. The SMILES string of the molecule is CC/C(F)=C\C(Cl)=C(C)C. The number of rotatable bonds is 2.